The van der Waals surface area contributed by atoms with Crippen molar-refractivity contribution in [2.45, 2.75) is 96.3 Å². The molecule has 0 saturated heterocycles. The number of unbranched alkanes of at least 4 members (excludes halogenated alkanes) is 2. The smallest absolute Gasteiger partial charge is 0.166 e. The first-order chi connectivity index (χ1) is 20.0. The third-order valence-corrected chi connectivity index (χ3v) is 10.0. The van der Waals surface area contributed by atoms with Gasteiger partial charge in [-0.05, 0) is 103 Å². The van der Waals surface area contributed by atoms with Gasteiger partial charge in [0, 0.05) is 5.56 Å². The maximum absolute atomic E-state index is 15.4. The third-order valence-electron chi connectivity index (χ3n) is 10.0. The molecule has 0 amide bonds. The van der Waals surface area contributed by atoms with Crippen molar-refractivity contribution < 1.29 is 13.2 Å². The predicted octanol–water partition coefficient (Wildman–Crippen LogP) is 11.8. The Labute approximate surface area is 245 Å². The number of hydrogen-bond donors (Lipinski definition) is 0. The van der Waals surface area contributed by atoms with Crippen LogP contribution in [0.3, 0.4) is 0 Å². The Morgan fingerprint density at radius 2 is 1.34 bits per heavy atom. The largest absolute Gasteiger partial charge is 0.207 e. The van der Waals surface area contributed by atoms with Crippen molar-refractivity contribution in [1.82, 2.24) is 0 Å². The van der Waals surface area contributed by atoms with Crippen LogP contribution in [0.2, 0.25) is 0 Å². The SMILES string of the molecule is C=CCc1ccc(-c2ccc(-c3ccc(C4CCC(C5CCC(CCCCC)CC5)CC4)c(F)c3)cc2)c(F)c1F. The maximum atomic E-state index is 15.4. The number of rotatable bonds is 10. The van der Waals surface area contributed by atoms with Crippen molar-refractivity contribution in [3.8, 4) is 22.3 Å². The Morgan fingerprint density at radius 1 is 0.707 bits per heavy atom. The average molecular weight is 559 g/mol. The average Bonchev–Trinajstić information content (AvgIpc) is 3.00. The lowest BCUT2D eigenvalue weighted by atomic mass is 9.68. The van der Waals surface area contributed by atoms with Gasteiger partial charge in [0.25, 0.3) is 0 Å². The van der Waals surface area contributed by atoms with Crippen molar-refractivity contribution in [1.29, 1.82) is 0 Å². The third kappa shape index (κ3) is 6.99. The lowest BCUT2D eigenvalue weighted by Gasteiger charge is -2.38. The summed E-state index contributed by atoms with van der Waals surface area (Å²) in [5, 5.41) is 0. The van der Waals surface area contributed by atoms with Gasteiger partial charge in [-0.2, -0.15) is 0 Å². The van der Waals surface area contributed by atoms with Gasteiger partial charge in [0.2, 0.25) is 0 Å². The first-order valence-electron chi connectivity index (χ1n) is 16.0. The van der Waals surface area contributed by atoms with Crippen molar-refractivity contribution >= 4 is 0 Å². The molecule has 5 rings (SSSR count). The molecule has 0 unspecified atom stereocenters. The van der Waals surface area contributed by atoms with Crippen molar-refractivity contribution in [2.24, 2.45) is 17.8 Å². The number of benzene rings is 3. The van der Waals surface area contributed by atoms with Crippen LogP contribution in [0.15, 0.2) is 67.3 Å². The minimum absolute atomic E-state index is 0.131. The molecule has 2 aliphatic carbocycles. The van der Waals surface area contributed by atoms with Gasteiger partial charge < -0.3 is 0 Å². The number of hydrogen-bond acceptors (Lipinski definition) is 0. The Morgan fingerprint density at radius 3 is 1.98 bits per heavy atom. The van der Waals surface area contributed by atoms with E-state index in [1.54, 1.807) is 36.4 Å². The fraction of sp³-hybridized carbons (Fsp3) is 0.474. The molecular formula is C38H45F3. The van der Waals surface area contributed by atoms with Crippen LogP contribution in [0.25, 0.3) is 22.3 Å². The van der Waals surface area contributed by atoms with E-state index in [-0.39, 0.29) is 17.8 Å². The van der Waals surface area contributed by atoms with Gasteiger partial charge in [-0.1, -0.05) is 100 Å². The lowest BCUT2D eigenvalue weighted by molar-refractivity contribution is 0.155. The molecule has 3 aromatic carbocycles. The van der Waals surface area contributed by atoms with Gasteiger partial charge in [-0.15, -0.1) is 6.58 Å². The van der Waals surface area contributed by atoms with Crippen molar-refractivity contribution in [3.05, 3.63) is 95.8 Å². The standard InChI is InChI=1S/C38H45F3/c1-3-5-6-8-26-9-11-27(12-10-26)28-13-17-30(18-14-28)34-23-22-33(25-36(34)39)29-15-19-31(20-16-29)35-24-21-32(7-4-2)37(40)38(35)41/h4,15-16,19-28,30H,2-3,5-14,17-18H2,1H3. The van der Waals surface area contributed by atoms with E-state index in [1.165, 1.54) is 64.2 Å². The zero-order valence-electron chi connectivity index (χ0n) is 24.6. The quantitative estimate of drug-likeness (QED) is 0.171. The lowest BCUT2D eigenvalue weighted by Crippen LogP contribution is -2.25. The fourth-order valence-corrected chi connectivity index (χ4v) is 7.54. The molecule has 2 fully saturated rings. The fourth-order valence-electron chi connectivity index (χ4n) is 7.54. The Balaban J connectivity index is 1.18. The van der Waals surface area contributed by atoms with Crippen LogP contribution in [0.5, 0.6) is 0 Å². The second-order valence-electron chi connectivity index (χ2n) is 12.6. The van der Waals surface area contributed by atoms with Gasteiger partial charge in [-0.3, -0.25) is 0 Å². The van der Waals surface area contributed by atoms with Crippen LogP contribution in [-0.2, 0) is 6.42 Å². The van der Waals surface area contributed by atoms with Gasteiger partial charge in [-0.25, -0.2) is 13.2 Å². The highest BCUT2D eigenvalue weighted by Crippen LogP contribution is 2.45. The summed E-state index contributed by atoms with van der Waals surface area (Å²) in [5.74, 6) is 1.14. The van der Waals surface area contributed by atoms with Gasteiger partial charge in [0.1, 0.15) is 5.82 Å². The summed E-state index contributed by atoms with van der Waals surface area (Å²) in [6.45, 7) is 5.88. The van der Waals surface area contributed by atoms with E-state index in [9.17, 15) is 8.78 Å². The highest BCUT2D eigenvalue weighted by Gasteiger charge is 2.32. The van der Waals surface area contributed by atoms with E-state index in [0.29, 0.717) is 17.0 Å². The Kier molecular flexibility index (Phi) is 10.1. The summed E-state index contributed by atoms with van der Waals surface area (Å²) in [6, 6.07) is 16.1. The van der Waals surface area contributed by atoms with Crippen LogP contribution < -0.4 is 0 Å². The summed E-state index contributed by atoms with van der Waals surface area (Å²) < 4.78 is 44.5. The van der Waals surface area contributed by atoms with Crippen molar-refractivity contribution in [3.63, 3.8) is 0 Å². The van der Waals surface area contributed by atoms with E-state index in [0.717, 1.165) is 47.3 Å². The van der Waals surface area contributed by atoms with Crippen LogP contribution in [0.1, 0.15) is 101 Å². The minimum atomic E-state index is -0.850. The molecule has 2 saturated carbocycles. The monoisotopic (exact) mass is 558 g/mol. The molecule has 3 heteroatoms. The number of halogens is 3. The molecule has 0 bridgehead atoms. The molecule has 41 heavy (non-hydrogen) atoms. The molecule has 0 nitrogen and oxygen atoms in total. The second kappa shape index (κ2) is 13.9. The first kappa shape index (κ1) is 29.7. The molecule has 0 heterocycles. The van der Waals surface area contributed by atoms with Crippen LogP contribution in [-0.4, -0.2) is 0 Å². The van der Waals surface area contributed by atoms with Crippen molar-refractivity contribution in [2.75, 3.05) is 0 Å². The molecule has 0 atom stereocenters. The van der Waals surface area contributed by atoms with E-state index in [4.69, 9.17) is 0 Å². The first-order valence-corrected chi connectivity index (χ1v) is 16.0. The Bertz CT molecular complexity index is 1290. The molecule has 3 aromatic rings. The topological polar surface area (TPSA) is 0 Å². The maximum Gasteiger partial charge on any atom is 0.166 e. The molecular weight excluding hydrogens is 513 g/mol. The minimum Gasteiger partial charge on any atom is -0.207 e. The summed E-state index contributed by atoms with van der Waals surface area (Å²) in [7, 11) is 0. The normalized spacial score (nSPS) is 22.9. The summed E-state index contributed by atoms with van der Waals surface area (Å²) in [4.78, 5) is 0. The molecule has 0 N–H and O–H groups in total. The van der Waals surface area contributed by atoms with Crippen LogP contribution in [0, 0.1) is 35.2 Å². The highest BCUT2D eigenvalue weighted by atomic mass is 19.2. The van der Waals surface area contributed by atoms with Crippen LogP contribution >= 0.6 is 0 Å². The summed E-state index contributed by atoms with van der Waals surface area (Å²) >= 11 is 0. The summed E-state index contributed by atoms with van der Waals surface area (Å²) in [5.41, 5.74) is 3.61. The molecule has 0 radical (unpaired) electrons. The molecule has 0 aliphatic heterocycles. The molecule has 0 spiro atoms. The van der Waals surface area contributed by atoms with Gasteiger partial charge >= 0.3 is 0 Å². The predicted molar refractivity (Wildman–Crippen MR) is 165 cm³/mol. The van der Waals surface area contributed by atoms with E-state index in [1.807, 2.05) is 24.3 Å². The van der Waals surface area contributed by atoms with Crippen LogP contribution in [0.4, 0.5) is 13.2 Å². The molecule has 218 valence electrons. The second-order valence-corrected chi connectivity index (χ2v) is 12.6. The summed E-state index contributed by atoms with van der Waals surface area (Å²) in [6.07, 6.45) is 17.6. The number of allylic oxidation sites excluding steroid dienone is 1. The van der Waals surface area contributed by atoms with E-state index < -0.39 is 11.6 Å². The Hall–Kier alpha value is -2.81. The molecule has 0 aromatic heterocycles. The van der Waals surface area contributed by atoms with Gasteiger partial charge in [0.15, 0.2) is 11.6 Å². The molecule has 2 aliphatic rings. The van der Waals surface area contributed by atoms with E-state index in [2.05, 4.69) is 13.5 Å². The van der Waals surface area contributed by atoms with Gasteiger partial charge in [0.05, 0.1) is 0 Å². The highest BCUT2D eigenvalue weighted by molar-refractivity contribution is 5.71. The zero-order valence-corrected chi connectivity index (χ0v) is 24.6. The zero-order chi connectivity index (χ0) is 28.8. The van der Waals surface area contributed by atoms with E-state index >= 15 is 4.39 Å².